The van der Waals surface area contributed by atoms with Crippen LogP contribution in [-0.2, 0) is 0 Å². The summed E-state index contributed by atoms with van der Waals surface area (Å²) in [6.45, 7) is 0. The number of hydrogen-bond acceptors (Lipinski definition) is 1. The van der Waals surface area contributed by atoms with Crippen molar-refractivity contribution in [3.63, 3.8) is 0 Å². The highest BCUT2D eigenvalue weighted by atomic mass is 127. The van der Waals surface area contributed by atoms with Crippen molar-refractivity contribution in [2.45, 2.75) is 0 Å². The first kappa shape index (κ1) is 20.6. The van der Waals surface area contributed by atoms with E-state index in [-0.39, 0.29) is 24.0 Å². The lowest BCUT2D eigenvalue weighted by molar-refractivity contribution is 1.33. The van der Waals surface area contributed by atoms with Gasteiger partial charge in [0.05, 0.1) is 5.69 Å². The average Bonchev–Trinajstić information content (AvgIpc) is 2.77. The highest BCUT2D eigenvalue weighted by Crippen LogP contribution is 2.59. The number of rotatable bonds is 5. The number of halogens is 1. The van der Waals surface area contributed by atoms with Gasteiger partial charge in [-0.3, -0.25) is 0 Å². The van der Waals surface area contributed by atoms with Crippen LogP contribution in [0.25, 0.3) is 0 Å². The molecule has 0 N–H and O–H groups in total. The van der Waals surface area contributed by atoms with E-state index < -0.39 is 7.41 Å². The molecule has 0 atom stereocenters. The van der Waals surface area contributed by atoms with Crippen molar-refractivity contribution in [2.24, 2.45) is 0 Å². The second-order valence-corrected chi connectivity index (χ2v) is 9.92. The fourth-order valence-corrected chi connectivity index (χ4v) is 7.94. The molecule has 0 amide bonds. The Balaban J connectivity index is 0.00000225. The summed E-state index contributed by atoms with van der Waals surface area (Å²) in [5, 5.41) is 4.07. The molecular formula is C25H24INP+. The number of benzene rings is 4. The van der Waals surface area contributed by atoms with Crippen LogP contribution in [0, 0.1) is 0 Å². The van der Waals surface area contributed by atoms with E-state index in [4.69, 9.17) is 0 Å². The Kier molecular flexibility index (Phi) is 6.88. The Morgan fingerprint density at radius 1 is 0.464 bits per heavy atom. The maximum atomic E-state index is 2.49. The van der Waals surface area contributed by atoms with Gasteiger partial charge in [-0.05, 0) is 48.5 Å². The third kappa shape index (κ3) is 3.72. The van der Waals surface area contributed by atoms with Gasteiger partial charge in [0.15, 0.2) is 0 Å². The zero-order valence-corrected chi connectivity index (χ0v) is 19.1. The topological polar surface area (TPSA) is 3.24 Å². The molecular weight excluding hydrogens is 472 g/mol. The van der Waals surface area contributed by atoms with Gasteiger partial charge in [-0.15, -0.1) is 24.0 Å². The fourth-order valence-electron chi connectivity index (χ4n) is 3.71. The monoisotopic (exact) mass is 496 g/mol. The van der Waals surface area contributed by atoms with Crippen molar-refractivity contribution in [3.05, 3.63) is 121 Å². The lowest BCUT2D eigenvalue weighted by Gasteiger charge is -2.35. The quantitative estimate of drug-likeness (QED) is 0.255. The van der Waals surface area contributed by atoms with Crippen LogP contribution in [0.15, 0.2) is 121 Å². The zero-order valence-electron chi connectivity index (χ0n) is 15.8. The highest BCUT2D eigenvalue weighted by molar-refractivity contribution is 14.0. The molecule has 0 aliphatic heterocycles. The molecule has 0 aromatic heterocycles. The van der Waals surface area contributed by atoms with Gasteiger partial charge in [0.2, 0.25) is 7.41 Å². The van der Waals surface area contributed by atoms with Gasteiger partial charge in [0.25, 0.3) is 0 Å². The fraction of sp³-hybridized carbons (Fsp3) is 0.0400. The molecule has 0 spiro atoms. The van der Waals surface area contributed by atoms with Gasteiger partial charge in [0.1, 0.15) is 15.9 Å². The first-order valence-corrected chi connectivity index (χ1v) is 10.9. The van der Waals surface area contributed by atoms with E-state index >= 15 is 0 Å². The molecule has 0 aliphatic carbocycles. The van der Waals surface area contributed by atoms with Crippen molar-refractivity contribution < 1.29 is 0 Å². The highest BCUT2D eigenvalue weighted by Gasteiger charge is 2.50. The smallest absolute Gasteiger partial charge is 0.202 e. The normalized spacial score (nSPS) is 10.8. The molecule has 4 rings (SSSR count). The lowest BCUT2D eigenvalue weighted by atomic mass is 10.3. The second-order valence-electron chi connectivity index (χ2n) is 6.50. The Morgan fingerprint density at radius 3 is 1.07 bits per heavy atom. The molecule has 0 bridgehead atoms. The Hall–Kier alpha value is -2.16. The van der Waals surface area contributed by atoms with E-state index in [1.54, 1.807) is 0 Å². The Labute approximate surface area is 185 Å². The van der Waals surface area contributed by atoms with Gasteiger partial charge in [0, 0.05) is 7.05 Å². The van der Waals surface area contributed by atoms with E-state index in [0.717, 1.165) is 0 Å². The van der Waals surface area contributed by atoms with Crippen LogP contribution in [0.3, 0.4) is 0 Å². The van der Waals surface area contributed by atoms with Crippen molar-refractivity contribution in [1.29, 1.82) is 0 Å². The summed E-state index contributed by atoms with van der Waals surface area (Å²) < 4.78 is 2.49. The predicted molar refractivity (Wildman–Crippen MR) is 135 cm³/mol. The van der Waals surface area contributed by atoms with Gasteiger partial charge in [-0.1, -0.05) is 72.8 Å². The molecule has 0 unspecified atom stereocenters. The van der Waals surface area contributed by atoms with Crippen molar-refractivity contribution in [1.82, 2.24) is 0 Å². The molecule has 4 aromatic carbocycles. The van der Waals surface area contributed by atoms with Crippen molar-refractivity contribution >= 4 is 53.0 Å². The van der Waals surface area contributed by atoms with E-state index in [1.165, 1.54) is 21.6 Å². The van der Waals surface area contributed by atoms with E-state index in [2.05, 4.69) is 133 Å². The summed E-state index contributed by atoms with van der Waals surface area (Å²) in [4.78, 5) is 0. The average molecular weight is 496 g/mol. The molecule has 0 saturated heterocycles. The number of nitrogens with zero attached hydrogens (tertiary/aromatic N) is 1. The first-order valence-electron chi connectivity index (χ1n) is 9.18. The molecule has 4 aromatic rings. The largest absolute Gasteiger partial charge is 0.237 e. The van der Waals surface area contributed by atoms with Gasteiger partial charge < -0.3 is 0 Å². The van der Waals surface area contributed by atoms with Crippen molar-refractivity contribution in [3.8, 4) is 0 Å². The maximum Gasteiger partial charge on any atom is 0.202 e. The van der Waals surface area contributed by atoms with Crippen LogP contribution in [-0.4, -0.2) is 7.05 Å². The van der Waals surface area contributed by atoms with Crippen LogP contribution in [0.4, 0.5) is 5.69 Å². The van der Waals surface area contributed by atoms with Crippen LogP contribution in [0.1, 0.15) is 0 Å². The summed E-state index contributed by atoms with van der Waals surface area (Å²) in [6.07, 6.45) is 0. The molecule has 0 aliphatic rings. The zero-order chi connectivity index (χ0) is 18.5. The summed E-state index contributed by atoms with van der Waals surface area (Å²) in [5.41, 5.74) is 1.22. The van der Waals surface area contributed by atoms with Crippen LogP contribution in [0.2, 0.25) is 0 Å². The molecule has 0 radical (unpaired) electrons. The molecule has 0 heterocycles. The molecule has 0 saturated carbocycles. The van der Waals surface area contributed by atoms with E-state index in [1.807, 2.05) is 0 Å². The van der Waals surface area contributed by atoms with E-state index in [0.29, 0.717) is 0 Å². The number of hydrogen-bond donors (Lipinski definition) is 0. The van der Waals surface area contributed by atoms with Crippen LogP contribution < -0.4 is 20.6 Å². The number of anilines is 1. The summed E-state index contributed by atoms with van der Waals surface area (Å²) in [7, 11) is 0.199. The molecule has 3 heteroatoms. The molecule has 1 nitrogen and oxygen atoms in total. The minimum Gasteiger partial charge on any atom is -0.237 e. The van der Waals surface area contributed by atoms with Gasteiger partial charge in [-0.2, -0.15) is 0 Å². The van der Waals surface area contributed by atoms with Gasteiger partial charge in [-0.25, -0.2) is 4.67 Å². The minimum atomic E-state index is -2.03. The third-order valence-corrected chi connectivity index (χ3v) is 9.24. The summed E-state index contributed by atoms with van der Waals surface area (Å²) in [6, 6.07) is 43.5. The first-order chi connectivity index (χ1) is 13.3. The number of para-hydroxylation sites is 1. The second kappa shape index (κ2) is 9.36. The van der Waals surface area contributed by atoms with Crippen LogP contribution >= 0.6 is 31.4 Å². The Morgan fingerprint density at radius 2 is 0.750 bits per heavy atom. The lowest BCUT2D eigenvalue weighted by Crippen LogP contribution is -2.41. The summed E-state index contributed by atoms with van der Waals surface area (Å²) >= 11 is 0. The summed E-state index contributed by atoms with van der Waals surface area (Å²) in [5.74, 6) is 0. The van der Waals surface area contributed by atoms with Crippen LogP contribution in [0.5, 0.6) is 0 Å². The Bertz CT molecular complexity index is 879. The van der Waals surface area contributed by atoms with Crippen molar-refractivity contribution in [2.75, 3.05) is 11.7 Å². The third-order valence-electron chi connectivity index (χ3n) is 4.97. The molecule has 140 valence electrons. The predicted octanol–water partition coefficient (Wildman–Crippen LogP) is 5.65. The standard InChI is InChI=1S/C25H23NP.HI/c1-26(22-14-6-2-7-15-22)27(23-16-8-3-9-17-23,24-18-10-4-11-19-24)25-20-12-5-13-21-25;/h2-21H,1H3;1H/q+1;. The van der Waals surface area contributed by atoms with Gasteiger partial charge >= 0.3 is 0 Å². The minimum absolute atomic E-state index is 0. The maximum absolute atomic E-state index is 2.49. The molecule has 0 fully saturated rings. The van der Waals surface area contributed by atoms with E-state index in [9.17, 15) is 0 Å². The SMILES string of the molecule is CN(c1ccccc1)[P+](c1ccccc1)(c1ccccc1)c1ccccc1.I. The molecule has 28 heavy (non-hydrogen) atoms.